The minimum absolute atomic E-state index is 0.102. The van der Waals surface area contributed by atoms with Crippen LogP contribution >= 0.6 is 0 Å². The normalized spacial score (nSPS) is 13.8. The maximum absolute atomic E-state index is 11.6. The lowest BCUT2D eigenvalue weighted by Crippen LogP contribution is -2.27. The first-order valence-corrected chi connectivity index (χ1v) is 6.66. The largest absolute Gasteiger partial charge is 0.419 e. The van der Waals surface area contributed by atoms with Gasteiger partial charge in [0.15, 0.2) is 0 Å². The lowest BCUT2D eigenvalue weighted by molar-refractivity contribution is -0.119. The molecule has 1 amide bonds. The van der Waals surface area contributed by atoms with Gasteiger partial charge in [0.25, 0.3) is 0 Å². The molecule has 1 aromatic heterocycles. The fourth-order valence-electron chi connectivity index (χ4n) is 2.07. The Bertz CT molecular complexity index is 794. The third kappa shape index (κ3) is 3.60. The number of aromatic nitrogens is 1. The van der Waals surface area contributed by atoms with E-state index >= 15 is 0 Å². The molecule has 22 heavy (non-hydrogen) atoms. The molecule has 0 aliphatic rings. The molecule has 1 heterocycles. The molecule has 0 aliphatic carbocycles. The van der Waals surface area contributed by atoms with Gasteiger partial charge in [-0.3, -0.25) is 9.78 Å². The topological polar surface area (TPSA) is 133 Å². The summed E-state index contributed by atoms with van der Waals surface area (Å²) in [6, 6.07) is 4.29. The summed E-state index contributed by atoms with van der Waals surface area (Å²) in [4.78, 5) is 35.8. The number of aliphatic hydroxyl groups excluding tert-OH is 2. The summed E-state index contributed by atoms with van der Waals surface area (Å²) in [5.74, 6) is -1.09. The number of carbonyl (C=O) groups is 1. The molecular weight excluding hydrogens is 292 g/mol. The van der Waals surface area contributed by atoms with Crippen LogP contribution in [-0.2, 0) is 4.79 Å². The van der Waals surface area contributed by atoms with Crippen molar-refractivity contribution in [3.05, 3.63) is 44.7 Å². The molecule has 2 unspecified atom stereocenters. The fourth-order valence-corrected chi connectivity index (χ4v) is 2.07. The quantitative estimate of drug-likeness (QED) is 0.583. The molecule has 0 radical (unpaired) electrons. The number of nitrogens with one attached hydrogen (secondary N) is 2. The van der Waals surface area contributed by atoms with Gasteiger partial charge in [0.1, 0.15) is 6.10 Å². The average molecular weight is 308 g/mol. The molecule has 4 N–H and O–H groups in total. The van der Waals surface area contributed by atoms with E-state index < -0.39 is 23.6 Å². The van der Waals surface area contributed by atoms with Crippen molar-refractivity contribution < 1.29 is 19.4 Å². The van der Waals surface area contributed by atoms with Gasteiger partial charge >= 0.3 is 11.4 Å². The second-order valence-electron chi connectivity index (χ2n) is 4.89. The van der Waals surface area contributed by atoms with E-state index in [1.54, 1.807) is 0 Å². The third-order valence-electron chi connectivity index (χ3n) is 3.21. The number of H-pyrrole nitrogens is 1. The van der Waals surface area contributed by atoms with Gasteiger partial charge in [-0.05, 0) is 24.1 Å². The van der Waals surface area contributed by atoms with E-state index in [4.69, 9.17) is 0 Å². The van der Waals surface area contributed by atoms with E-state index in [0.29, 0.717) is 5.56 Å². The van der Waals surface area contributed by atoms with Gasteiger partial charge in [-0.25, -0.2) is 9.59 Å². The van der Waals surface area contributed by atoms with Crippen LogP contribution in [0.25, 0.3) is 10.9 Å². The number of rotatable bonds is 5. The molecule has 0 bridgehead atoms. The minimum atomic E-state index is -1.23. The van der Waals surface area contributed by atoms with Crippen LogP contribution in [0.5, 0.6) is 0 Å². The smallest absolute Gasteiger partial charge is 0.390 e. The summed E-state index contributed by atoms with van der Waals surface area (Å²) >= 11 is 0. The van der Waals surface area contributed by atoms with Gasteiger partial charge in [-0.15, -0.1) is 0 Å². The van der Waals surface area contributed by atoms with E-state index in [1.807, 2.05) is 0 Å². The van der Waals surface area contributed by atoms with Gasteiger partial charge < -0.3 is 19.9 Å². The predicted octanol–water partition coefficient (Wildman–Crippen LogP) is -0.598. The minimum Gasteiger partial charge on any atom is -0.390 e. The summed E-state index contributed by atoms with van der Waals surface area (Å²) in [5, 5.41) is 22.6. The summed E-state index contributed by atoms with van der Waals surface area (Å²) in [7, 11) is 0. The summed E-state index contributed by atoms with van der Waals surface area (Å²) in [6.45, 7) is 1.57. The number of hydrogen-bond donors (Lipinski definition) is 4. The van der Waals surface area contributed by atoms with Crippen molar-refractivity contribution in [2.75, 3.05) is 6.54 Å². The molecule has 118 valence electrons. The first kappa shape index (κ1) is 15.9. The molecule has 8 nitrogen and oxygen atoms in total. The first-order valence-electron chi connectivity index (χ1n) is 6.66. The molecule has 0 fully saturated rings. The summed E-state index contributed by atoms with van der Waals surface area (Å²) in [6.07, 6.45) is -2.19. The Morgan fingerprint density at radius 2 is 2.09 bits per heavy atom. The molecule has 0 saturated carbocycles. The highest BCUT2D eigenvalue weighted by Crippen LogP contribution is 2.21. The molecular formula is C14H16N2O6. The lowest BCUT2D eigenvalue weighted by Gasteiger charge is -2.18. The maximum atomic E-state index is 11.6. The molecule has 0 aliphatic heterocycles. The number of benzene rings is 1. The molecule has 0 saturated heterocycles. The van der Waals surface area contributed by atoms with Crippen LogP contribution in [0.4, 0.5) is 0 Å². The average Bonchev–Trinajstić information content (AvgIpc) is 2.45. The zero-order valence-electron chi connectivity index (χ0n) is 11.8. The van der Waals surface area contributed by atoms with Gasteiger partial charge in [0.05, 0.1) is 17.0 Å². The van der Waals surface area contributed by atoms with Gasteiger partial charge in [-0.1, -0.05) is 6.07 Å². The summed E-state index contributed by atoms with van der Waals surface area (Å²) in [5.41, 5.74) is -0.229. The Labute approximate surface area is 124 Å². The molecule has 0 spiro atoms. The van der Waals surface area contributed by atoms with Crippen LogP contribution in [0.1, 0.15) is 25.0 Å². The summed E-state index contributed by atoms with van der Waals surface area (Å²) < 4.78 is 4.42. The van der Waals surface area contributed by atoms with Gasteiger partial charge in [-0.2, -0.15) is 0 Å². The fraction of sp³-hybridized carbons (Fsp3) is 0.357. The zero-order chi connectivity index (χ0) is 16.3. The van der Waals surface area contributed by atoms with Gasteiger partial charge in [0, 0.05) is 13.5 Å². The van der Waals surface area contributed by atoms with Crippen LogP contribution in [-0.4, -0.2) is 33.8 Å². The highest BCUT2D eigenvalue weighted by Gasteiger charge is 2.19. The van der Waals surface area contributed by atoms with Crippen molar-refractivity contribution in [2.45, 2.75) is 25.6 Å². The van der Waals surface area contributed by atoms with Crippen molar-refractivity contribution in [1.29, 1.82) is 0 Å². The van der Waals surface area contributed by atoms with E-state index in [0.717, 1.165) is 0 Å². The van der Waals surface area contributed by atoms with Gasteiger partial charge in [0.2, 0.25) is 5.91 Å². The molecule has 2 aromatic rings. The number of aliphatic hydroxyl groups is 2. The Morgan fingerprint density at radius 3 is 2.77 bits per heavy atom. The van der Waals surface area contributed by atoms with Crippen LogP contribution < -0.4 is 16.7 Å². The first-order chi connectivity index (χ1) is 10.4. The van der Waals surface area contributed by atoms with Crippen molar-refractivity contribution in [1.82, 2.24) is 10.3 Å². The predicted molar refractivity (Wildman–Crippen MR) is 77.4 cm³/mol. The van der Waals surface area contributed by atoms with Crippen molar-refractivity contribution in [2.24, 2.45) is 0 Å². The number of fused-ring (bicyclic) bond motifs is 1. The monoisotopic (exact) mass is 308 g/mol. The Morgan fingerprint density at radius 1 is 1.36 bits per heavy atom. The standard InChI is InChI=1S/C14H16N2O6/c1-7(17)15-5-4-11(18)12(19)8-2-3-10-9(6-8)13(20)22-14(21)16-10/h2-3,6,11-12,18-19H,4-5H2,1H3,(H,15,17)(H,16,21). The number of carbonyl (C=O) groups excluding carboxylic acids is 1. The lowest BCUT2D eigenvalue weighted by atomic mass is 10.0. The second kappa shape index (κ2) is 6.54. The highest BCUT2D eigenvalue weighted by atomic mass is 16.4. The Kier molecular flexibility index (Phi) is 4.74. The number of amides is 1. The number of aromatic amines is 1. The SMILES string of the molecule is CC(=O)NCCC(O)C(O)c1ccc2[nH]c(=O)oc(=O)c2c1. The zero-order valence-corrected chi connectivity index (χ0v) is 11.8. The van der Waals surface area contributed by atoms with Crippen LogP contribution in [0.15, 0.2) is 32.2 Å². The van der Waals surface area contributed by atoms with E-state index in [-0.39, 0.29) is 29.8 Å². The van der Waals surface area contributed by atoms with E-state index in [9.17, 15) is 24.6 Å². The molecule has 2 atom stereocenters. The van der Waals surface area contributed by atoms with Crippen molar-refractivity contribution in [3.63, 3.8) is 0 Å². The van der Waals surface area contributed by atoms with E-state index in [2.05, 4.69) is 14.7 Å². The van der Waals surface area contributed by atoms with Crippen LogP contribution in [0, 0.1) is 0 Å². The Balaban J connectivity index is 2.21. The maximum Gasteiger partial charge on any atom is 0.419 e. The van der Waals surface area contributed by atoms with Crippen LogP contribution in [0.3, 0.4) is 0 Å². The molecule has 8 heteroatoms. The van der Waals surface area contributed by atoms with E-state index in [1.165, 1.54) is 25.1 Å². The van der Waals surface area contributed by atoms with Crippen LogP contribution in [0.2, 0.25) is 0 Å². The third-order valence-corrected chi connectivity index (χ3v) is 3.21. The van der Waals surface area contributed by atoms with Crippen molar-refractivity contribution in [3.8, 4) is 0 Å². The van der Waals surface area contributed by atoms with Crippen molar-refractivity contribution >= 4 is 16.8 Å². The molecule has 2 rings (SSSR count). The highest BCUT2D eigenvalue weighted by molar-refractivity contribution is 5.77. The Hall–Kier alpha value is -2.45. The second-order valence-corrected chi connectivity index (χ2v) is 4.89. The number of hydrogen-bond acceptors (Lipinski definition) is 6. The molecule has 1 aromatic carbocycles.